The molecule has 2 aromatic carbocycles. The number of benzene rings is 2. The van der Waals surface area contributed by atoms with Gasteiger partial charge in [-0.3, -0.25) is 4.79 Å². The summed E-state index contributed by atoms with van der Waals surface area (Å²) in [6.45, 7) is 0. The van der Waals surface area contributed by atoms with E-state index < -0.39 is 6.10 Å². The molecule has 2 rings (SSSR count). The molecule has 1 N–H and O–H groups in total. The van der Waals surface area contributed by atoms with Gasteiger partial charge in [-0.1, -0.05) is 42.5 Å². The predicted octanol–water partition coefficient (Wildman–Crippen LogP) is 1.85. The fraction of sp³-hybridized carbons (Fsp3) is 0.154. The molecule has 2 heteroatoms. The second-order valence-corrected chi connectivity index (χ2v) is 3.48. The third kappa shape index (κ3) is 2.05. The first-order chi connectivity index (χ1) is 7.31. The van der Waals surface area contributed by atoms with Gasteiger partial charge in [-0.05, 0) is 16.3 Å². The summed E-state index contributed by atoms with van der Waals surface area (Å²) in [5.74, 6) is 0. The molecule has 0 heterocycles. The number of hydrogen-bond donors (Lipinski definition) is 1. The summed E-state index contributed by atoms with van der Waals surface area (Å²) < 4.78 is 0. The third-order valence-electron chi connectivity index (χ3n) is 2.43. The van der Waals surface area contributed by atoms with Gasteiger partial charge >= 0.3 is 0 Å². The van der Waals surface area contributed by atoms with E-state index in [4.69, 9.17) is 0 Å². The number of hydrogen-bond acceptors (Lipinski definition) is 2. The van der Waals surface area contributed by atoms with Crippen molar-refractivity contribution in [1.29, 1.82) is 0 Å². The van der Waals surface area contributed by atoms with E-state index in [0.717, 1.165) is 16.3 Å². The lowest BCUT2D eigenvalue weighted by Crippen LogP contribution is -2.11. The molecule has 0 aliphatic rings. The summed E-state index contributed by atoms with van der Waals surface area (Å²) >= 11 is 0. The molecular weight excluding hydrogens is 188 g/mol. The summed E-state index contributed by atoms with van der Waals surface area (Å²) in [5.41, 5.74) is 0.976. The molecule has 75 valence electrons. The van der Waals surface area contributed by atoms with Gasteiger partial charge in [0, 0.05) is 6.42 Å². The second kappa shape index (κ2) is 4.24. The number of carbonyl (C=O) groups excluding carboxylic acids is 1. The molecule has 0 fully saturated rings. The Morgan fingerprint density at radius 3 is 2.67 bits per heavy atom. The molecule has 0 saturated carbocycles. The number of aliphatic hydroxyl groups is 1. The second-order valence-electron chi connectivity index (χ2n) is 3.48. The average Bonchev–Trinajstić information content (AvgIpc) is 2.29. The number of fused-ring (bicyclic) bond motifs is 1. The van der Waals surface area contributed by atoms with Gasteiger partial charge in [-0.2, -0.15) is 0 Å². The Morgan fingerprint density at radius 1 is 1.13 bits per heavy atom. The summed E-state index contributed by atoms with van der Waals surface area (Å²) in [7, 11) is 0. The highest BCUT2D eigenvalue weighted by Gasteiger charge is 2.07. The smallest absolute Gasteiger partial charge is 0.229 e. The molecule has 15 heavy (non-hydrogen) atoms. The van der Waals surface area contributed by atoms with Crippen molar-refractivity contribution in [1.82, 2.24) is 0 Å². The Balaban J connectivity index is 2.46. The zero-order chi connectivity index (χ0) is 10.7. The van der Waals surface area contributed by atoms with Crippen molar-refractivity contribution in [3.8, 4) is 0 Å². The van der Waals surface area contributed by atoms with Crippen LogP contribution in [0, 0.1) is 0 Å². The SMILES string of the molecule is O=[C][C@H](O)Cc1cccc2ccccc12. The fourth-order valence-electron chi connectivity index (χ4n) is 1.72. The first kappa shape index (κ1) is 9.87. The molecule has 2 nitrogen and oxygen atoms in total. The first-order valence-electron chi connectivity index (χ1n) is 4.83. The van der Waals surface area contributed by atoms with Crippen molar-refractivity contribution < 1.29 is 9.90 Å². The van der Waals surface area contributed by atoms with Crippen molar-refractivity contribution >= 4 is 17.1 Å². The highest BCUT2D eigenvalue weighted by molar-refractivity contribution is 5.86. The van der Waals surface area contributed by atoms with E-state index >= 15 is 0 Å². The van der Waals surface area contributed by atoms with E-state index in [0.29, 0.717) is 6.42 Å². The standard InChI is InChI=1S/C13H11O2/c14-9-12(15)8-11-6-3-5-10-4-1-2-7-13(10)11/h1-7,12,15H,8H2/t12-/m1/s1. The molecule has 1 atom stereocenters. The number of aliphatic hydroxyl groups excluding tert-OH is 1. The third-order valence-corrected chi connectivity index (χ3v) is 2.43. The van der Waals surface area contributed by atoms with E-state index in [1.807, 2.05) is 42.5 Å². The molecule has 0 aliphatic carbocycles. The van der Waals surface area contributed by atoms with E-state index in [2.05, 4.69) is 0 Å². The van der Waals surface area contributed by atoms with Crippen LogP contribution in [0.4, 0.5) is 0 Å². The fourth-order valence-corrected chi connectivity index (χ4v) is 1.72. The van der Waals surface area contributed by atoms with E-state index in [1.165, 1.54) is 0 Å². The monoisotopic (exact) mass is 199 g/mol. The van der Waals surface area contributed by atoms with Crippen LogP contribution < -0.4 is 0 Å². The summed E-state index contributed by atoms with van der Waals surface area (Å²) in [5, 5.41) is 11.4. The Hall–Kier alpha value is -1.67. The predicted molar refractivity (Wildman–Crippen MR) is 59.4 cm³/mol. The minimum atomic E-state index is -1.03. The van der Waals surface area contributed by atoms with Gasteiger partial charge in [-0.25, -0.2) is 0 Å². The van der Waals surface area contributed by atoms with E-state index in [-0.39, 0.29) is 0 Å². The zero-order valence-electron chi connectivity index (χ0n) is 8.18. The molecule has 0 aliphatic heterocycles. The Morgan fingerprint density at radius 2 is 1.87 bits per heavy atom. The topological polar surface area (TPSA) is 37.3 Å². The van der Waals surface area contributed by atoms with Crippen molar-refractivity contribution in [3.63, 3.8) is 0 Å². The summed E-state index contributed by atoms with van der Waals surface area (Å²) in [6, 6.07) is 13.8. The van der Waals surface area contributed by atoms with Crippen LogP contribution in [0.15, 0.2) is 42.5 Å². The molecule has 2 aromatic rings. The maximum absolute atomic E-state index is 10.3. The van der Waals surface area contributed by atoms with Crippen LogP contribution in [0.3, 0.4) is 0 Å². The van der Waals surface area contributed by atoms with Gasteiger partial charge in [-0.15, -0.1) is 0 Å². The molecule has 0 unspecified atom stereocenters. The largest absolute Gasteiger partial charge is 0.384 e. The normalized spacial score (nSPS) is 12.6. The highest BCUT2D eigenvalue weighted by atomic mass is 16.3. The lowest BCUT2D eigenvalue weighted by atomic mass is 10.0. The van der Waals surface area contributed by atoms with Crippen LogP contribution in [0.1, 0.15) is 5.56 Å². The lowest BCUT2D eigenvalue weighted by Gasteiger charge is -2.06. The van der Waals surface area contributed by atoms with Crippen molar-refractivity contribution in [2.45, 2.75) is 12.5 Å². The van der Waals surface area contributed by atoms with E-state index in [1.54, 1.807) is 6.29 Å². The average molecular weight is 199 g/mol. The molecule has 1 radical (unpaired) electrons. The first-order valence-corrected chi connectivity index (χ1v) is 4.83. The molecule has 0 saturated heterocycles. The van der Waals surface area contributed by atoms with Gasteiger partial charge in [0.05, 0.1) is 0 Å². The molecule has 0 bridgehead atoms. The van der Waals surface area contributed by atoms with Crippen LogP contribution in [-0.2, 0) is 11.2 Å². The van der Waals surface area contributed by atoms with Gasteiger partial charge in [0.25, 0.3) is 0 Å². The van der Waals surface area contributed by atoms with Gasteiger partial charge in [0.1, 0.15) is 6.10 Å². The van der Waals surface area contributed by atoms with Crippen LogP contribution >= 0.6 is 0 Å². The van der Waals surface area contributed by atoms with Crippen LogP contribution in [0.25, 0.3) is 10.8 Å². The summed E-state index contributed by atoms with van der Waals surface area (Å²) in [4.78, 5) is 10.3. The maximum atomic E-state index is 10.3. The van der Waals surface area contributed by atoms with Gasteiger partial charge in [0.2, 0.25) is 6.29 Å². The quantitative estimate of drug-likeness (QED) is 0.819. The Labute approximate surface area is 88.2 Å². The van der Waals surface area contributed by atoms with Crippen LogP contribution in [0.2, 0.25) is 0 Å². The van der Waals surface area contributed by atoms with Gasteiger partial charge < -0.3 is 5.11 Å². The molecular formula is C13H11O2. The van der Waals surface area contributed by atoms with Crippen LogP contribution in [-0.4, -0.2) is 17.5 Å². The summed E-state index contributed by atoms with van der Waals surface area (Å²) in [6.07, 6.45) is 0.876. The van der Waals surface area contributed by atoms with Crippen molar-refractivity contribution in [3.05, 3.63) is 48.0 Å². The zero-order valence-corrected chi connectivity index (χ0v) is 8.18. The highest BCUT2D eigenvalue weighted by Crippen LogP contribution is 2.19. The van der Waals surface area contributed by atoms with Crippen molar-refractivity contribution in [2.75, 3.05) is 0 Å². The molecule has 0 amide bonds. The van der Waals surface area contributed by atoms with E-state index in [9.17, 15) is 9.90 Å². The Kier molecular flexibility index (Phi) is 2.79. The number of rotatable bonds is 3. The maximum Gasteiger partial charge on any atom is 0.229 e. The van der Waals surface area contributed by atoms with Crippen molar-refractivity contribution in [2.24, 2.45) is 0 Å². The lowest BCUT2D eigenvalue weighted by molar-refractivity contribution is 0.235. The van der Waals surface area contributed by atoms with Crippen LogP contribution in [0.5, 0.6) is 0 Å². The minimum absolute atomic E-state index is 0.324. The Bertz CT molecular complexity index is 471. The molecule has 0 aromatic heterocycles. The van der Waals surface area contributed by atoms with Gasteiger partial charge in [0.15, 0.2) is 0 Å². The molecule has 0 spiro atoms. The minimum Gasteiger partial charge on any atom is -0.384 e.